The molecule has 8 nitrogen and oxygen atoms in total. The average Bonchev–Trinajstić information content (AvgIpc) is 3.29. The lowest BCUT2D eigenvalue weighted by Crippen LogP contribution is -2.65. The van der Waals surface area contributed by atoms with E-state index < -0.39 is 5.60 Å². The number of anilines is 3. The Morgan fingerprint density at radius 2 is 2.00 bits per heavy atom. The molecule has 4 fully saturated rings. The van der Waals surface area contributed by atoms with E-state index >= 15 is 0 Å². The highest BCUT2D eigenvalue weighted by molar-refractivity contribution is 5.67. The van der Waals surface area contributed by atoms with Crippen molar-refractivity contribution in [3.63, 3.8) is 0 Å². The van der Waals surface area contributed by atoms with E-state index in [0.717, 1.165) is 72.5 Å². The fourth-order valence-corrected chi connectivity index (χ4v) is 7.42. The number of hydrogen-bond donors (Lipinski definition) is 2. The second-order valence-electron chi connectivity index (χ2n) is 10.6. The minimum atomic E-state index is -0.522. The molecule has 1 aliphatic heterocycles. The van der Waals surface area contributed by atoms with Gasteiger partial charge in [-0.1, -0.05) is 6.58 Å². The Labute approximate surface area is 186 Å². The molecular weight excluding hydrogens is 402 g/mol. The molecule has 8 rings (SSSR count). The fraction of sp³-hybridized carbons (Fsp3) is 0.500. The van der Waals surface area contributed by atoms with E-state index in [1.54, 1.807) is 10.8 Å². The molecule has 8 heteroatoms. The quantitative estimate of drug-likeness (QED) is 0.658. The van der Waals surface area contributed by atoms with Crippen LogP contribution in [-0.2, 0) is 6.42 Å². The normalized spacial score (nSPS) is 32.7. The fourth-order valence-electron chi connectivity index (χ4n) is 7.42. The SMILES string of the molecule is C=C1Cc2cnc(Nc3cn4ncnc4cc3C)nc2N1C12CC3CC(CC(O)(C3)C1)C2. The third-order valence-electron chi connectivity index (χ3n) is 8.11. The molecule has 4 aliphatic carbocycles. The summed E-state index contributed by atoms with van der Waals surface area (Å²) >= 11 is 0. The number of nitrogens with one attached hydrogen (secondary N) is 1. The van der Waals surface area contributed by atoms with Gasteiger partial charge in [0.05, 0.1) is 17.5 Å². The number of fused-ring (bicyclic) bond motifs is 2. The van der Waals surface area contributed by atoms with E-state index in [2.05, 4.69) is 31.9 Å². The molecule has 4 heterocycles. The van der Waals surface area contributed by atoms with Gasteiger partial charge in [-0.2, -0.15) is 10.1 Å². The van der Waals surface area contributed by atoms with Crippen molar-refractivity contribution in [2.45, 2.75) is 63.0 Å². The summed E-state index contributed by atoms with van der Waals surface area (Å²) in [5.74, 6) is 2.73. The average molecular weight is 430 g/mol. The van der Waals surface area contributed by atoms with Crippen molar-refractivity contribution in [3.8, 4) is 0 Å². The Morgan fingerprint density at radius 3 is 2.78 bits per heavy atom. The van der Waals surface area contributed by atoms with E-state index in [1.165, 1.54) is 6.42 Å². The molecule has 0 saturated heterocycles. The highest BCUT2D eigenvalue weighted by Gasteiger charge is 2.60. The van der Waals surface area contributed by atoms with Gasteiger partial charge in [-0.25, -0.2) is 14.5 Å². The number of aliphatic hydroxyl groups is 1. The van der Waals surface area contributed by atoms with E-state index in [1.807, 2.05) is 25.4 Å². The van der Waals surface area contributed by atoms with Crippen molar-refractivity contribution in [1.29, 1.82) is 0 Å². The van der Waals surface area contributed by atoms with Crippen LogP contribution in [0.25, 0.3) is 5.65 Å². The lowest BCUT2D eigenvalue weighted by atomic mass is 9.50. The first-order valence-corrected chi connectivity index (χ1v) is 11.5. The van der Waals surface area contributed by atoms with Crippen LogP contribution in [0.3, 0.4) is 0 Å². The Kier molecular flexibility index (Phi) is 3.52. The molecule has 32 heavy (non-hydrogen) atoms. The highest BCUT2D eigenvalue weighted by atomic mass is 16.3. The molecule has 4 saturated carbocycles. The molecule has 2 atom stereocenters. The van der Waals surface area contributed by atoms with Crippen LogP contribution in [-0.4, -0.2) is 40.8 Å². The van der Waals surface area contributed by atoms with Gasteiger partial charge in [0.1, 0.15) is 12.1 Å². The van der Waals surface area contributed by atoms with Gasteiger partial charge in [0.15, 0.2) is 5.65 Å². The van der Waals surface area contributed by atoms with E-state index in [0.29, 0.717) is 17.8 Å². The number of rotatable bonds is 3. The van der Waals surface area contributed by atoms with Crippen molar-refractivity contribution < 1.29 is 5.11 Å². The van der Waals surface area contributed by atoms with Crippen LogP contribution in [0.2, 0.25) is 0 Å². The van der Waals surface area contributed by atoms with Crippen LogP contribution < -0.4 is 10.2 Å². The van der Waals surface area contributed by atoms with Crippen molar-refractivity contribution in [3.05, 3.63) is 48.2 Å². The minimum Gasteiger partial charge on any atom is -0.390 e. The summed E-state index contributed by atoms with van der Waals surface area (Å²) in [4.78, 5) is 16.2. The molecule has 0 aromatic carbocycles. The second kappa shape index (κ2) is 6.07. The van der Waals surface area contributed by atoms with Gasteiger partial charge < -0.3 is 15.3 Å². The van der Waals surface area contributed by atoms with Crippen LogP contribution in [0.1, 0.15) is 49.7 Å². The first-order chi connectivity index (χ1) is 15.4. The van der Waals surface area contributed by atoms with Crippen LogP contribution in [0, 0.1) is 18.8 Å². The molecule has 0 amide bonds. The van der Waals surface area contributed by atoms with Crippen molar-refractivity contribution in [2.24, 2.45) is 11.8 Å². The van der Waals surface area contributed by atoms with Crippen LogP contribution in [0.5, 0.6) is 0 Å². The lowest BCUT2D eigenvalue weighted by molar-refractivity contribution is -0.133. The molecule has 164 valence electrons. The Hall–Kier alpha value is -3.00. The molecular formula is C24H27N7O. The number of pyridine rings is 1. The highest BCUT2D eigenvalue weighted by Crippen LogP contribution is 2.61. The summed E-state index contributed by atoms with van der Waals surface area (Å²) in [7, 11) is 0. The summed E-state index contributed by atoms with van der Waals surface area (Å²) in [6.07, 6.45) is 12.4. The molecule has 5 aliphatic rings. The topological polar surface area (TPSA) is 91.5 Å². The first-order valence-electron chi connectivity index (χ1n) is 11.5. The van der Waals surface area contributed by atoms with Gasteiger partial charge in [-0.3, -0.25) is 0 Å². The van der Waals surface area contributed by atoms with E-state index in [4.69, 9.17) is 4.98 Å². The summed E-state index contributed by atoms with van der Waals surface area (Å²) in [5, 5.41) is 18.9. The van der Waals surface area contributed by atoms with Gasteiger partial charge >= 0.3 is 0 Å². The number of aromatic nitrogens is 5. The van der Waals surface area contributed by atoms with Gasteiger partial charge in [0, 0.05) is 29.4 Å². The van der Waals surface area contributed by atoms with Gasteiger partial charge in [-0.05, 0) is 68.9 Å². The smallest absolute Gasteiger partial charge is 0.229 e. The lowest BCUT2D eigenvalue weighted by Gasteiger charge is -2.63. The monoisotopic (exact) mass is 429 g/mol. The van der Waals surface area contributed by atoms with Gasteiger partial charge in [0.25, 0.3) is 0 Å². The van der Waals surface area contributed by atoms with Crippen LogP contribution in [0.4, 0.5) is 17.5 Å². The zero-order chi connectivity index (χ0) is 21.7. The van der Waals surface area contributed by atoms with E-state index in [-0.39, 0.29) is 5.54 Å². The maximum atomic E-state index is 11.3. The molecule has 0 radical (unpaired) electrons. The summed E-state index contributed by atoms with van der Waals surface area (Å²) in [6.45, 7) is 6.46. The molecule has 3 aromatic heterocycles. The summed E-state index contributed by atoms with van der Waals surface area (Å²) < 4.78 is 1.74. The summed E-state index contributed by atoms with van der Waals surface area (Å²) in [5.41, 5.74) is 4.37. The number of allylic oxidation sites excluding steroid dienone is 1. The first kappa shape index (κ1) is 18.6. The minimum absolute atomic E-state index is 0.0671. The zero-order valence-corrected chi connectivity index (χ0v) is 18.3. The number of nitrogens with zero attached hydrogens (tertiary/aromatic N) is 6. The predicted octanol–water partition coefficient (Wildman–Crippen LogP) is 3.53. The standard InChI is InChI=1S/C24H27N7O/c1-14-3-20-26-13-27-30(20)11-19(14)28-22-25-10-18-4-15(2)31(21(18)29-22)23-6-16-5-17(7-23)9-24(32,8-16)12-23/h3,10-11,13,16-17,32H,2,4-9,12H2,1H3,(H,25,28,29). The van der Waals surface area contributed by atoms with Crippen molar-refractivity contribution in [2.75, 3.05) is 10.2 Å². The molecule has 2 unspecified atom stereocenters. The van der Waals surface area contributed by atoms with Gasteiger partial charge in [-0.15, -0.1) is 0 Å². The Bertz CT molecular complexity index is 1270. The third-order valence-corrected chi connectivity index (χ3v) is 8.11. The van der Waals surface area contributed by atoms with Crippen LogP contribution in [0.15, 0.2) is 37.1 Å². The van der Waals surface area contributed by atoms with E-state index in [9.17, 15) is 5.11 Å². The Morgan fingerprint density at radius 1 is 1.19 bits per heavy atom. The number of hydrogen-bond acceptors (Lipinski definition) is 7. The third kappa shape index (κ3) is 2.59. The second-order valence-corrected chi connectivity index (χ2v) is 10.6. The summed E-state index contributed by atoms with van der Waals surface area (Å²) in [6, 6.07) is 1.99. The maximum Gasteiger partial charge on any atom is 0.229 e. The van der Waals surface area contributed by atoms with Gasteiger partial charge in [0.2, 0.25) is 5.95 Å². The molecule has 3 aromatic rings. The van der Waals surface area contributed by atoms with Crippen LogP contribution >= 0.6 is 0 Å². The maximum absolute atomic E-state index is 11.3. The van der Waals surface area contributed by atoms with Crippen molar-refractivity contribution in [1.82, 2.24) is 24.6 Å². The molecule has 0 spiro atoms. The molecule has 4 bridgehead atoms. The zero-order valence-electron chi connectivity index (χ0n) is 18.3. The molecule has 2 N–H and O–H groups in total. The van der Waals surface area contributed by atoms with Crippen molar-refractivity contribution >= 4 is 23.1 Å². The predicted molar refractivity (Wildman–Crippen MR) is 121 cm³/mol. The Balaban J connectivity index is 1.26. The number of aryl methyl sites for hydroxylation is 1. The largest absolute Gasteiger partial charge is 0.390 e.